The van der Waals surface area contributed by atoms with E-state index in [1.807, 2.05) is 18.2 Å². The van der Waals surface area contributed by atoms with E-state index in [1.54, 1.807) is 30.9 Å². The van der Waals surface area contributed by atoms with E-state index in [-0.39, 0.29) is 12.0 Å². The van der Waals surface area contributed by atoms with Crippen LogP contribution < -0.4 is 5.32 Å². The molecule has 4 rings (SSSR count). The molecule has 1 aliphatic rings. The number of pyridine rings is 3. The quantitative estimate of drug-likeness (QED) is 0.793. The Morgan fingerprint density at radius 1 is 1.24 bits per heavy atom. The summed E-state index contributed by atoms with van der Waals surface area (Å²) in [5.41, 5.74) is 2.94. The molecule has 0 aliphatic carbocycles. The molecular weight excluding hydrogens is 316 g/mol. The molecule has 126 valence electrons. The normalized spacial score (nSPS) is 16.9. The molecule has 0 radical (unpaired) electrons. The van der Waals surface area contributed by atoms with Gasteiger partial charge in [-0.05, 0) is 36.6 Å². The highest BCUT2D eigenvalue weighted by molar-refractivity contribution is 6.00. The van der Waals surface area contributed by atoms with Crippen molar-refractivity contribution in [3.8, 4) is 11.1 Å². The summed E-state index contributed by atoms with van der Waals surface area (Å²) < 4.78 is 5.55. The van der Waals surface area contributed by atoms with Gasteiger partial charge in [-0.25, -0.2) is 4.98 Å². The summed E-state index contributed by atoms with van der Waals surface area (Å²) in [6, 6.07) is 7.44. The first-order valence-corrected chi connectivity index (χ1v) is 8.36. The lowest BCUT2D eigenvalue weighted by atomic mass is 10.0. The first-order valence-electron chi connectivity index (χ1n) is 8.36. The molecule has 1 fully saturated rings. The van der Waals surface area contributed by atoms with Crippen LogP contribution in [-0.4, -0.2) is 40.1 Å². The Kier molecular flexibility index (Phi) is 4.35. The maximum Gasteiger partial charge on any atom is 0.270 e. The highest BCUT2D eigenvalue weighted by atomic mass is 16.5. The van der Waals surface area contributed by atoms with Gasteiger partial charge in [0.05, 0.1) is 11.6 Å². The van der Waals surface area contributed by atoms with Crippen molar-refractivity contribution in [2.24, 2.45) is 0 Å². The van der Waals surface area contributed by atoms with Crippen LogP contribution in [0.1, 0.15) is 23.3 Å². The van der Waals surface area contributed by atoms with Crippen LogP contribution in [0.25, 0.3) is 22.0 Å². The number of amides is 1. The van der Waals surface area contributed by atoms with Gasteiger partial charge in [-0.1, -0.05) is 6.07 Å². The Balaban J connectivity index is 1.68. The van der Waals surface area contributed by atoms with Gasteiger partial charge in [-0.2, -0.15) is 0 Å². The van der Waals surface area contributed by atoms with Crippen molar-refractivity contribution in [3.05, 3.63) is 54.7 Å². The van der Waals surface area contributed by atoms with Crippen molar-refractivity contribution in [1.29, 1.82) is 0 Å². The van der Waals surface area contributed by atoms with Crippen molar-refractivity contribution in [2.75, 3.05) is 13.2 Å². The molecule has 3 aromatic heterocycles. The average Bonchev–Trinajstić information content (AvgIpc) is 3.19. The summed E-state index contributed by atoms with van der Waals surface area (Å²) in [5, 5.41) is 3.82. The molecule has 1 N–H and O–H groups in total. The van der Waals surface area contributed by atoms with Crippen LogP contribution in [0.3, 0.4) is 0 Å². The Morgan fingerprint density at radius 2 is 2.16 bits per heavy atom. The maximum atomic E-state index is 12.6. The van der Waals surface area contributed by atoms with Crippen LogP contribution in [-0.2, 0) is 4.74 Å². The number of carbonyl (C=O) groups is 1. The number of aromatic nitrogens is 3. The highest BCUT2D eigenvalue weighted by Crippen LogP contribution is 2.27. The molecule has 25 heavy (non-hydrogen) atoms. The van der Waals surface area contributed by atoms with Crippen molar-refractivity contribution < 1.29 is 9.53 Å². The van der Waals surface area contributed by atoms with Crippen LogP contribution in [0.5, 0.6) is 0 Å². The van der Waals surface area contributed by atoms with Gasteiger partial charge in [0.25, 0.3) is 5.91 Å². The topological polar surface area (TPSA) is 77.0 Å². The molecule has 1 atom stereocenters. The van der Waals surface area contributed by atoms with Gasteiger partial charge in [0, 0.05) is 48.9 Å². The van der Waals surface area contributed by atoms with E-state index in [0.717, 1.165) is 41.5 Å². The average molecular weight is 334 g/mol. The van der Waals surface area contributed by atoms with E-state index >= 15 is 0 Å². The highest BCUT2D eigenvalue weighted by Gasteiger charge is 2.18. The van der Waals surface area contributed by atoms with Crippen LogP contribution in [0.2, 0.25) is 0 Å². The van der Waals surface area contributed by atoms with Gasteiger partial charge in [-0.15, -0.1) is 0 Å². The minimum absolute atomic E-state index is 0.103. The largest absolute Gasteiger partial charge is 0.376 e. The minimum atomic E-state index is -0.195. The van der Waals surface area contributed by atoms with Crippen molar-refractivity contribution in [1.82, 2.24) is 20.3 Å². The van der Waals surface area contributed by atoms with Crippen LogP contribution in [0, 0.1) is 0 Å². The number of rotatable bonds is 4. The molecular formula is C19H18N4O2. The fraction of sp³-hybridized carbons (Fsp3) is 0.263. The van der Waals surface area contributed by atoms with Gasteiger partial charge < -0.3 is 10.1 Å². The monoisotopic (exact) mass is 334 g/mol. The van der Waals surface area contributed by atoms with E-state index in [4.69, 9.17) is 4.74 Å². The van der Waals surface area contributed by atoms with E-state index in [9.17, 15) is 4.79 Å². The van der Waals surface area contributed by atoms with Crippen molar-refractivity contribution in [3.63, 3.8) is 0 Å². The summed E-state index contributed by atoms with van der Waals surface area (Å²) in [4.78, 5) is 25.4. The van der Waals surface area contributed by atoms with Crippen LogP contribution in [0.4, 0.5) is 0 Å². The zero-order valence-corrected chi connectivity index (χ0v) is 13.7. The van der Waals surface area contributed by atoms with Crippen LogP contribution >= 0.6 is 0 Å². The predicted molar refractivity (Wildman–Crippen MR) is 94.1 cm³/mol. The second kappa shape index (κ2) is 6.94. The number of nitrogens with one attached hydrogen (secondary N) is 1. The number of nitrogens with zero attached hydrogens (tertiary/aromatic N) is 3. The summed E-state index contributed by atoms with van der Waals surface area (Å²) in [7, 11) is 0. The Bertz CT molecular complexity index is 892. The summed E-state index contributed by atoms with van der Waals surface area (Å²) in [6.07, 6.45) is 9.07. The molecule has 0 spiro atoms. The van der Waals surface area contributed by atoms with Crippen molar-refractivity contribution in [2.45, 2.75) is 18.9 Å². The third-order valence-corrected chi connectivity index (χ3v) is 4.33. The van der Waals surface area contributed by atoms with Gasteiger partial charge in [0.1, 0.15) is 5.69 Å². The Labute approximate surface area is 145 Å². The second-order valence-corrected chi connectivity index (χ2v) is 6.03. The maximum absolute atomic E-state index is 12.6. The number of fused-ring (bicyclic) bond motifs is 1. The standard InChI is InChI=1S/C19H18N4O2/c24-19(22-11-14-4-2-8-25-14)18-9-15(13-3-1-6-20-10-13)16-12-21-7-5-17(16)23-18/h1,3,5-7,9-10,12,14H,2,4,8,11H2,(H,22,24)/t14-/m0/s1. The molecule has 0 bridgehead atoms. The van der Waals surface area contributed by atoms with E-state index in [1.165, 1.54) is 0 Å². The third-order valence-electron chi connectivity index (χ3n) is 4.33. The van der Waals surface area contributed by atoms with Gasteiger partial charge in [-0.3, -0.25) is 14.8 Å². The lowest BCUT2D eigenvalue weighted by molar-refractivity contribution is 0.0854. The summed E-state index contributed by atoms with van der Waals surface area (Å²) >= 11 is 0. The van der Waals surface area contributed by atoms with Gasteiger partial charge in [0.15, 0.2) is 0 Å². The zero-order valence-electron chi connectivity index (χ0n) is 13.7. The Morgan fingerprint density at radius 3 is 2.96 bits per heavy atom. The molecule has 1 saturated heterocycles. The minimum Gasteiger partial charge on any atom is -0.376 e. The van der Waals surface area contributed by atoms with Crippen LogP contribution in [0.15, 0.2) is 49.1 Å². The number of hydrogen-bond acceptors (Lipinski definition) is 5. The first kappa shape index (κ1) is 15.7. The van der Waals surface area contributed by atoms with E-state index in [0.29, 0.717) is 12.2 Å². The lowest BCUT2D eigenvalue weighted by Gasteiger charge is -2.12. The molecule has 6 heteroatoms. The molecule has 3 aromatic rings. The Hall–Kier alpha value is -2.86. The van der Waals surface area contributed by atoms with Gasteiger partial charge in [0.2, 0.25) is 0 Å². The molecule has 1 amide bonds. The number of carbonyl (C=O) groups excluding carboxylic acids is 1. The molecule has 6 nitrogen and oxygen atoms in total. The van der Waals surface area contributed by atoms with E-state index in [2.05, 4.69) is 20.3 Å². The lowest BCUT2D eigenvalue weighted by Crippen LogP contribution is -2.32. The molecule has 0 aromatic carbocycles. The smallest absolute Gasteiger partial charge is 0.270 e. The van der Waals surface area contributed by atoms with Crippen molar-refractivity contribution >= 4 is 16.8 Å². The number of hydrogen-bond donors (Lipinski definition) is 1. The summed E-state index contributed by atoms with van der Waals surface area (Å²) in [5.74, 6) is -0.195. The zero-order chi connectivity index (χ0) is 17.1. The third kappa shape index (κ3) is 3.34. The molecule has 0 saturated carbocycles. The molecule has 0 unspecified atom stereocenters. The molecule has 1 aliphatic heterocycles. The first-order chi connectivity index (χ1) is 12.3. The fourth-order valence-electron chi connectivity index (χ4n) is 3.05. The van der Waals surface area contributed by atoms with E-state index < -0.39 is 0 Å². The summed E-state index contributed by atoms with van der Waals surface area (Å²) in [6.45, 7) is 1.28. The SMILES string of the molecule is O=C(NC[C@@H]1CCCO1)c1cc(-c2cccnc2)c2cnccc2n1. The van der Waals surface area contributed by atoms with Gasteiger partial charge >= 0.3 is 0 Å². The predicted octanol–water partition coefficient (Wildman–Crippen LogP) is 2.60. The molecule has 4 heterocycles. The fourth-order valence-corrected chi connectivity index (χ4v) is 3.05. The second-order valence-electron chi connectivity index (χ2n) is 6.03. The number of ether oxygens (including phenoxy) is 1.